The van der Waals surface area contributed by atoms with E-state index < -0.39 is 10.0 Å². The number of hydrogen-bond acceptors (Lipinski definition) is 3. The van der Waals surface area contributed by atoms with Crippen LogP contribution in [0.3, 0.4) is 0 Å². The second-order valence-electron chi connectivity index (χ2n) is 3.28. The van der Waals surface area contributed by atoms with Crippen LogP contribution in [0.4, 0.5) is 0 Å². The van der Waals surface area contributed by atoms with Crippen molar-refractivity contribution < 1.29 is 8.42 Å². The van der Waals surface area contributed by atoms with Crippen molar-refractivity contribution >= 4 is 27.4 Å². The molecule has 0 amide bonds. The lowest BCUT2D eigenvalue weighted by Gasteiger charge is -2.09. The van der Waals surface area contributed by atoms with Crippen molar-refractivity contribution in [3.63, 3.8) is 0 Å². The molecular formula is C10H14N2O2S2. The molecule has 0 saturated carbocycles. The molecule has 0 radical (unpaired) electrons. The number of nitrogens with one attached hydrogen (secondary N) is 2. The van der Waals surface area contributed by atoms with Crippen LogP contribution < -0.4 is 10.0 Å². The molecule has 0 heterocycles. The van der Waals surface area contributed by atoms with Crippen molar-refractivity contribution in [3.8, 4) is 0 Å². The maximum Gasteiger partial charge on any atom is 0.263 e. The first kappa shape index (κ1) is 12.9. The molecule has 0 aliphatic heterocycles. The van der Waals surface area contributed by atoms with E-state index in [9.17, 15) is 8.42 Å². The molecule has 16 heavy (non-hydrogen) atoms. The van der Waals surface area contributed by atoms with Crippen LogP contribution in [0.1, 0.15) is 12.5 Å². The molecule has 0 saturated heterocycles. The Morgan fingerprint density at radius 1 is 1.44 bits per heavy atom. The minimum absolute atomic E-state index is 0.115. The van der Waals surface area contributed by atoms with Crippen molar-refractivity contribution in [1.82, 2.24) is 10.0 Å². The zero-order chi connectivity index (χ0) is 12.2. The summed E-state index contributed by atoms with van der Waals surface area (Å²) in [6.45, 7) is 4.25. The van der Waals surface area contributed by atoms with Gasteiger partial charge in [0, 0.05) is 6.54 Å². The second kappa shape index (κ2) is 5.27. The molecule has 1 aromatic rings. The van der Waals surface area contributed by atoms with E-state index in [-0.39, 0.29) is 10.0 Å². The summed E-state index contributed by atoms with van der Waals surface area (Å²) in [4.78, 5) is 0.216. The second-order valence-corrected chi connectivity index (χ2v) is 5.37. The van der Waals surface area contributed by atoms with Gasteiger partial charge in [0.05, 0.1) is 4.90 Å². The molecule has 6 heteroatoms. The van der Waals surface area contributed by atoms with E-state index in [1.54, 1.807) is 12.1 Å². The van der Waals surface area contributed by atoms with Gasteiger partial charge in [-0.15, -0.1) is 0 Å². The van der Waals surface area contributed by atoms with Crippen molar-refractivity contribution in [2.75, 3.05) is 6.54 Å². The predicted molar refractivity (Wildman–Crippen MR) is 67.8 cm³/mol. The third-order valence-corrected chi connectivity index (χ3v) is 3.59. The molecule has 0 spiro atoms. The number of benzene rings is 1. The van der Waals surface area contributed by atoms with Crippen LogP contribution in [0.25, 0.3) is 0 Å². The topological polar surface area (TPSA) is 58.2 Å². The number of hydrogen-bond donors (Lipinski definition) is 2. The summed E-state index contributed by atoms with van der Waals surface area (Å²) < 4.78 is 26.0. The number of thiocarbonyl (C=S) groups is 1. The quantitative estimate of drug-likeness (QED) is 0.799. The molecule has 0 atom stereocenters. The summed E-state index contributed by atoms with van der Waals surface area (Å²) in [5, 5.41) is 2.84. The SMILES string of the molecule is CCNC(=S)NS(=O)(=O)c1cccc(C)c1. The Labute approximate surface area is 101 Å². The van der Waals surface area contributed by atoms with Gasteiger partial charge in [-0.25, -0.2) is 8.42 Å². The third kappa shape index (κ3) is 3.46. The van der Waals surface area contributed by atoms with E-state index in [4.69, 9.17) is 12.2 Å². The van der Waals surface area contributed by atoms with Crippen LogP contribution in [0.5, 0.6) is 0 Å². The molecule has 1 aromatic carbocycles. The summed E-state index contributed by atoms with van der Waals surface area (Å²) in [5.41, 5.74) is 0.886. The average Bonchev–Trinajstić information content (AvgIpc) is 2.17. The predicted octanol–water partition coefficient (Wildman–Crippen LogP) is 1.17. The molecule has 0 bridgehead atoms. The lowest BCUT2D eigenvalue weighted by molar-refractivity contribution is 0.592. The third-order valence-electron chi connectivity index (χ3n) is 1.86. The lowest BCUT2D eigenvalue weighted by Crippen LogP contribution is -2.38. The Balaban J connectivity index is 2.90. The minimum atomic E-state index is -3.56. The Morgan fingerprint density at radius 3 is 2.69 bits per heavy atom. The van der Waals surface area contributed by atoms with Crippen LogP contribution in [0.15, 0.2) is 29.2 Å². The van der Waals surface area contributed by atoms with Crippen LogP contribution in [0, 0.1) is 6.92 Å². The van der Waals surface area contributed by atoms with Crippen molar-refractivity contribution in [1.29, 1.82) is 0 Å². The van der Waals surface area contributed by atoms with Gasteiger partial charge in [-0.1, -0.05) is 12.1 Å². The first-order valence-electron chi connectivity index (χ1n) is 4.83. The summed E-state index contributed by atoms with van der Waals surface area (Å²) in [7, 11) is -3.56. The van der Waals surface area contributed by atoms with Crippen molar-refractivity contribution in [2.24, 2.45) is 0 Å². The minimum Gasteiger partial charge on any atom is -0.362 e. The smallest absolute Gasteiger partial charge is 0.263 e. The van der Waals surface area contributed by atoms with Crippen LogP contribution >= 0.6 is 12.2 Å². The fourth-order valence-corrected chi connectivity index (χ4v) is 2.67. The Hall–Kier alpha value is -1.14. The van der Waals surface area contributed by atoms with E-state index in [0.717, 1.165) is 5.56 Å². The first-order chi connectivity index (χ1) is 7.45. The Morgan fingerprint density at radius 2 is 2.12 bits per heavy atom. The maximum atomic E-state index is 11.8. The Bertz CT molecular complexity index is 483. The van der Waals surface area contributed by atoms with Crippen molar-refractivity contribution in [2.45, 2.75) is 18.7 Å². The fraction of sp³-hybridized carbons (Fsp3) is 0.300. The Kier molecular flexibility index (Phi) is 4.26. The molecular weight excluding hydrogens is 244 g/mol. The van der Waals surface area contributed by atoms with E-state index in [1.807, 2.05) is 19.9 Å². The monoisotopic (exact) mass is 258 g/mol. The molecule has 0 aromatic heterocycles. The highest BCUT2D eigenvalue weighted by molar-refractivity contribution is 7.91. The van der Waals surface area contributed by atoms with Crippen molar-refractivity contribution in [3.05, 3.63) is 29.8 Å². The van der Waals surface area contributed by atoms with Gasteiger partial charge in [0.2, 0.25) is 0 Å². The molecule has 4 nitrogen and oxygen atoms in total. The van der Waals surface area contributed by atoms with Gasteiger partial charge in [-0.05, 0) is 43.8 Å². The normalized spacial score (nSPS) is 10.9. The molecule has 0 aliphatic carbocycles. The van der Waals surface area contributed by atoms with Gasteiger partial charge in [0.15, 0.2) is 5.11 Å². The van der Waals surface area contributed by atoms with E-state index in [0.29, 0.717) is 6.54 Å². The number of sulfonamides is 1. The molecule has 0 unspecified atom stereocenters. The first-order valence-corrected chi connectivity index (χ1v) is 6.72. The van der Waals surface area contributed by atoms with Crippen LogP contribution in [-0.2, 0) is 10.0 Å². The largest absolute Gasteiger partial charge is 0.362 e. The summed E-state index contributed by atoms with van der Waals surface area (Å²) in [6.07, 6.45) is 0. The average molecular weight is 258 g/mol. The molecule has 88 valence electrons. The van der Waals surface area contributed by atoms with E-state index >= 15 is 0 Å². The maximum absolute atomic E-state index is 11.8. The molecule has 0 fully saturated rings. The molecule has 2 N–H and O–H groups in total. The number of rotatable bonds is 3. The van der Waals surface area contributed by atoms with Gasteiger partial charge in [-0.2, -0.15) is 0 Å². The van der Waals surface area contributed by atoms with Gasteiger partial charge >= 0.3 is 0 Å². The zero-order valence-corrected chi connectivity index (χ0v) is 10.8. The fourth-order valence-electron chi connectivity index (χ4n) is 1.16. The van der Waals surface area contributed by atoms with Crippen LogP contribution in [0.2, 0.25) is 0 Å². The summed E-state index contributed by atoms with van der Waals surface area (Å²) >= 11 is 4.83. The highest BCUT2D eigenvalue weighted by Crippen LogP contribution is 2.10. The van der Waals surface area contributed by atoms with E-state index in [2.05, 4.69) is 10.0 Å². The summed E-state index contributed by atoms with van der Waals surface area (Å²) in [6, 6.07) is 6.66. The zero-order valence-electron chi connectivity index (χ0n) is 9.15. The summed E-state index contributed by atoms with van der Waals surface area (Å²) in [5.74, 6) is 0. The molecule has 0 aliphatic rings. The highest BCUT2D eigenvalue weighted by Gasteiger charge is 2.14. The number of aryl methyl sites for hydroxylation is 1. The van der Waals surface area contributed by atoms with Gasteiger partial charge in [-0.3, -0.25) is 4.72 Å². The van der Waals surface area contributed by atoms with Crippen LogP contribution in [-0.4, -0.2) is 20.1 Å². The van der Waals surface area contributed by atoms with Gasteiger partial charge in [0.1, 0.15) is 0 Å². The molecule has 1 rings (SSSR count). The van der Waals surface area contributed by atoms with Gasteiger partial charge < -0.3 is 5.32 Å². The standard InChI is InChI=1S/C10H14N2O2S2/c1-3-11-10(15)12-16(13,14)9-6-4-5-8(2)7-9/h4-7H,3H2,1-2H3,(H2,11,12,15). The highest BCUT2D eigenvalue weighted by atomic mass is 32.2. The van der Waals surface area contributed by atoms with Gasteiger partial charge in [0.25, 0.3) is 10.0 Å². The van der Waals surface area contributed by atoms with E-state index in [1.165, 1.54) is 6.07 Å². The lowest BCUT2D eigenvalue weighted by atomic mass is 10.2.